The lowest BCUT2D eigenvalue weighted by atomic mass is 10.1. The van der Waals surface area contributed by atoms with Crippen LogP contribution in [0.25, 0.3) is 0 Å². The van der Waals surface area contributed by atoms with Crippen molar-refractivity contribution in [3.05, 3.63) is 63.1 Å². The monoisotopic (exact) mass is 471 g/mol. The Kier molecular flexibility index (Phi) is 7.02. The normalized spacial score (nSPS) is 12.0. The predicted octanol–water partition coefficient (Wildman–Crippen LogP) is 3.72. The molecule has 1 N–H and O–H groups in total. The number of carbonyl (C=O) groups excluding carboxylic acids is 1. The molecule has 0 spiro atoms. The van der Waals surface area contributed by atoms with E-state index in [2.05, 4.69) is 26.5 Å². The van der Waals surface area contributed by atoms with Gasteiger partial charge < -0.3 is 0 Å². The molecule has 0 fully saturated rings. The molecule has 27 heavy (non-hydrogen) atoms. The topological polar surface area (TPSA) is 78.8 Å². The third kappa shape index (κ3) is 6.05. The molecule has 144 valence electrons. The lowest BCUT2D eigenvalue weighted by Gasteiger charge is -2.23. The van der Waals surface area contributed by atoms with Gasteiger partial charge in [0.2, 0.25) is 10.0 Å². The van der Waals surface area contributed by atoms with Crippen LogP contribution in [0.15, 0.2) is 52.0 Å². The highest BCUT2D eigenvalue weighted by molar-refractivity contribution is 9.10. The molecular weight excluding hydrogens is 454 g/mol. The maximum atomic E-state index is 12.3. The van der Waals surface area contributed by atoms with Crippen molar-refractivity contribution in [2.45, 2.75) is 13.8 Å². The maximum Gasteiger partial charge on any atom is 0.260 e. The molecule has 0 saturated carbocycles. The van der Waals surface area contributed by atoms with Gasteiger partial charge in [0.25, 0.3) is 5.91 Å². The van der Waals surface area contributed by atoms with Gasteiger partial charge in [-0.3, -0.25) is 9.10 Å². The van der Waals surface area contributed by atoms with Crippen LogP contribution in [-0.2, 0) is 14.8 Å². The number of nitrogens with zero attached hydrogens (tertiary/aromatic N) is 2. The standard InChI is InChI=1S/C18H19BrClN3O3S/c1-12-4-9-16(20)10-17(12)23(27(3,25)26)11-18(24)22-21-13(2)14-5-7-15(19)8-6-14/h4-10H,11H2,1-3H3,(H,22,24)/b21-13-. The maximum absolute atomic E-state index is 12.3. The van der Waals surface area contributed by atoms with Gasteiger partial charge >= 0.3 is 0 Å². The highest BCUT2D eigenvalue weighted by atomic mass is 79.9. The van der Waals surface area contributed by atoms with E-state index in [9.17, 15) is 13.2 Å². The quantitative estimate of drug-likeness (QED) is 0.514. The molecule has 0 atom stereocenters. The number of hydrogen-bond donors (Lipinski definition) is 1. The van der Waals surface area contributed by atoms with Crippen LogP contribution in [-0.4, -0.2) is 32.8 Å². The summed E-state index contributed by atoms with van der Waals surface area (Å²) in [6.07, 6.45) is 1.04. The number of halogens is 2. The van der Waals surface area contributed by atoms with Gasteiger partial charge in [0.05, 0.1) is 17.7 Å². The molecule has 2 aromatic carbocycles. The van der Waals surface area contributed by atoms with Gasteiger partial charge in [-0.1, -0.05) is 45.7 Å². The van der Waals surface area contributed by atoms with Gasteiger partial charge in [0.1, 0.15) is 6.54 Å². The number of hydrazone groups is 1. The number of carbonyl (C=O) groups is 1. The van der Waals surface area contributed by atoms with E-state index in [1.165, 1.54) is 6.07 Å². The molecule has 2 aromatic rings. The number of sulfonamides is 1. The van der Waals surface area contributed by atoms with Gasteiger partial charge in [-0.2, -0.15) is 5.10 Å². The van der Waals surface area contributed by atoms with Crippen LogP contribution in [0.1, 0.15) is 18.1 Å². The Labute approximate surface area is 172 Å². The number of rotatable bonds is 6. The second-order valence-corrected chi connectivity index (χ2v) is 9.20. The first-order valence-electron chi connectivity index (χ1n) is 7.91. The number of anilines is 1. The summed E-state index contributed by atoms with van der Waals surface area (Å²) >= 11 is 9.34. The van der Waals surface area contributed by atoms with E-state index in [0.29, 0.717) is 22.0 Å². The minimum atomic E-state index is -3.69. The first kappa shape index (κ1) is 21.4. The third-order valence-electron chi connectivity index (χ3n) is 3.74. The Morgan fingerprint density at radius 2 is 1.85 bits per heavy atom. The van der Waals surface area contributed by atoms with Crippen molar-refractivity contribution in [1.29, 1.82) is 0 Å². The first-order chi connectivity index (χ1) is 12.6. The van der Waals surface area contributed by atoms with E-state index >= 15 is 0 Å². The fourth-order valence-electron chi connectivity index (χ4n) is 2.30. The summed E-state index contributed by atoms with van der Waals surface area (Å²) in [5.74, 6) is -0.559. The van der Waals surface area contributed by atoms with Crippen molar-refractivity contribution < 1.29 is 13.2 Å². The van der Waals surface area contributed by atoms with Crippen LogP contribution in [0.5, 0.6) is 0 Å². The smallest absolute Gasteiger partial charge is 0.260 e. The average molecular weight is 473 g/mol. The van der Waals surface area contributed by atoms with Crippen LogP contribution in [0.4, 0.5) is 5.69 Å². The van der Waals surface area contributed by atoms with Crippen LogP contribution >= 0.6 is 27.5 Å². The zero-order valence-electron chi connectivity index (χ0n) is 15.0. The van der Waals surface area contributed by atoms with E-state index in [4.69, 9.17) is 11.6 Å². The summed E-state index contributed by atoms with van der Waals surface area (Å²) in [4.78, 5) is 12.3. The predicted molar refractivity (Wildman–Crippen MR) is 113 cm³/mol. The summed E-state index contributed by atoms with van der Waals surface area (Å²) in [6, 6.07) is 12.3. The highest BCUT2D eigenvalue weighted by Crippen LogP contribution is 2.26. The molecule has 9 heteroatoms. The summed E-state index contributed by atoms with van der Waals surface area (Å²) < 4.78 is 26.3. The van der Waals surface area contributed by atoms with Gasteiger partial charge in [0.15, 0.2) is 0 Å². The molecular formula is C18H19BrClN3O3S. The third-order valence-corrected chi connectivity index (χ3v) is 5.63. The molecule has 0 heterocycles. The SMILES string of the molecule is C/C(=N/NC(=O)CN(c1cc(Cl)ccc1C)S(C)(=O)=O)c1ccc(Br)cc1. The molecule has 0 aliphatic rings. The van der Waals surface area contributed by atoms with Gasteiger partial charge in [-0.05, 0) is 49.2 Å². The second kappa shape index (κ2) is 8.86. The molecule has 0 unspecified atom stereocenters. The fraction of sp³-hybridized carbons (Fsp3) is 0.222. The first-order valence-corrected chi connectivity index (χ1v) is 10.9. The molecule has 0 aliphatic carbocycles. The summed E-state index contributed by atoms with van der Waals surface area (Å²) in [6.45, 7) is 3.09. The number of benzene rings is 2. The van der Waals surface area contributed by atoms with Crippen LogP contribution < -0.4 is 9.73 Å². The van der Waals surface area contributed by atoms with E-state index in [-0.39, 0.29) is 0 Å². The number of aryl methyl sites for hydroxylation is 1. The number of nitrogens with one attached hydrogen (secondary N) is 1. The molecule has 2 rings (SSSR count). The van der Waals surface area contributed by atoms with E-state index in [1.54, 1.807) is 26.0 Å². The summed E-state index contributed by atoms with van der Waals surface area (Å²) in [5, 5.41) is 4.43. The zero-order valence-corrected chi connectivity index (χ0v) is 18.2. The van der Waals surface area contributed by atoms with Crippen molar-refractivity contribution in [1.82, 2.24) is 5.43 Å². The molecule has 0 radical (unpaired) electrons. The van der Waals surface area contributed by atoms with E-state index in [1.807, 2.05) is 24.3 Å². The van der Waals surface area contributed by atoms with Crippen LogP contribution in [0.3, 0.4) is 0 Å². The second-order valence-electron chi connectivity index (χ2n) is 5.94. The largest absolute Gasteiger partial charge is 0.271 e. The van der Waals surface area contributed by atoms with Crippen molar-refractivity contribution in [2.75, 3.05) is 17.1 Å². The molecule has 0 aliphatic heterocycles. The fourth-order valence-corrected chi connectivity index (χ4v) is 3.64. The minimum Gasteiger partial charge on any atom is -0.271 e. The average Bonchev–Trinajstić information content (AvgIpc) is 2.59. The molecule has 1 amide bonds. The van der Waals surface area contributed by atoms with Crippen molar-refractivity contribution in [3.8, 4) is 0 Å². The van der Waals surface area contributed by atoms with Crippen molar-refractivity contribution in [3.63, 3.8) is 0 Å². The molecule has 0 aromatic heterocycles. The van der Waals surface area contributed by atoms with Crippen molar-refractivity contribution in [2.24, 2.45) is 5.10 Å². The number of amides is 1. The van der Waals surface area contributed by atoms with E-state index < -0.39 is 22.5 Å². The summed E-state index contributed by atoms with van der Waals surface area (Å²) in [7, 11) is -3.69. The Morgan fingerprint density at radius 1 is 1.22 bits per heavy atom. The van der Waals surface area contributed by atoms with Crippen LogP contribution in [0, 0.1) is 6.92 Å². The Hall–Kier alpha value is -1.90. The lowest BCUT2D eigenvalue weighted by Crippen LogP contribution is -2.39. The van der Waals surface area contributed by atoms with Gasteiger partial charge in [-0.15, -0.1) is 0 Å². The Bertz CT molecular complexity index is 976. The van der Waals surface area contributed by atoms with Crippen LogP contribution in [0.2, 0.25) is 5.02 Å². The molecule has 0 bridgehead atoms. The molecule has 0 saturated heterocycles. The number of hydrogen-bond acceptors (Lipinski definition) is 4. The Morgan fingerprint density at radius 3 is 2.44 bits per heavy atom. The van der Waals surface area contributed by atoms with Crippen molar-refractivity contribution >= 4 is 54.9 Å². The van der Waals surface area contributed by atoms with Gasteiger partial charge in [0, 0.05) is 9.50 Å². The van der Waals surface area contributed by atoms with E-state index in [0.717, 1.165) is 20.6 Å². The molecule has 6 nitrogen and oxygen atoms in total. The van der Waals surface area contributed by atoms with Gasteiger partial charge in [-0.25, -0.2) is 13.8 Å². The zero-order chi connectivity index (χ0) is 20.2. The minimum absolute atomic E-state index is 0.355. The lowest BCUT2D eigenvalue weighted by molar-refractivity contribution is -0.119. The Balaban J connectivity index is 2.18. The summed E-state index contributed by atoms with van der Waals surface area (Å²) in [5.41, 5.74) is 4.88. The highest BCUT2D eigenvalue weighted by Gasteiger charge is 2.22.